The topological polar surface area (TPSA) is 79.5 Å². The van der Waals surface area contributed by atoms with Crippen LogP contribution >= 0.6 is 23.2 Å². The highest BCUT2D eigenvalue weighted by Gasteiger charge is 2.25. The van der Waals surface area contributed by atoms with Crippen molar-refractivity contribution in [2.24, 2.45) is 5.92 Å². The third-order valence-electron chi connectivity index (χ3n) is 2.91. The first kappa shape index (κ1) is 21.4. The molecule has 0 aliphatic heterocycles. The van der Waals surface area contributed by atoms with Crippen LogP contribution in [0.2, 0.25) is 10.0 Å². The Labute approximate surface area is 158 Å². The Morgan fingerprint density at radius 1 is 1.12 bits per heavy atom. The lowest BCUT2D eigenvalue weighted by Crippen LogP contribution is -2.50. The van der Waals surface area contributed by atoms with Gasteiger partial charge < -0.3 is 10.1 Å². The van der Waals surface area contributed by atoms with E-state index in [1.54, 1.807) is 39.0 Å². The summed E-state index contributed by atoms with van der Waals surface area (Å²) >= 11 is 11.8. The van der Waals surface area contributed by atoms with Crippen LogP contribution in [0.3, 0.4) is 0 Å². The lowest BCUT2D eigenvalue weighted by atomic mass is 10.0. The highest BCUT2D eigenvalue weighted by Crippen LogP contribution is 2.21. The maximum Gasteiger partial charge on any atom is 0.408 e. The summed E-state index contributed by atoms with van der Waals surface area (Å²) in [6.07, 6.45) is -0.178. The van der Waals surface area contributed by atoms with Crippen molar-refractivity contribution in [1.29, 1.82) is 0 Å². The number of hydrazine groups is 1. The van der Waals surface area contributed by atoms with Gasteiger partial charge in [0.1, 0.15) is 11.6 Å². The van der Waals surface area contributed by atoms with Crippen LogP contribution in [0.25, 0.3) is 0 Å². The largest absolute Gasteiger partial charge is 0.444 e. The Bertz CT molecular complexity index is 595. The van der Waals surface area contributed by atoms with E-state index in [-0.39, 0.29) is 5.92 Å². The highest BCUT2D eigenvalue weighted by molar-refractivity contribution is 6.35. The molecule has 1 aromatic carbocycles. The van der Waals surface area contributed by atoms with Crippen LogP contribution in [0, 0.1) is 5.92 Å². The van der Waals surface area contributed by atoms with Gasteiger partial charge in [0.05, 0.1) is 5.69 Å². The van der Waals surface area contributed by atoms with Crippen LogP contribution in [0.1, 0.15) is 41.0 Å². The molecule has 0 fully saturated rings. The van der Waals surface area contributed by atoms with Crippen LogP contribution in [0.15, 0.2) is 18.2 Å². The Morgan fingerprint density at radius 3 is 2.16 bits per heavy atom. The first-order valence-corrected chi connectivity index (χ1v) is 8.73. The van der Waals surface area contributed by atoms with E-state index in [1.165, 1.54) is 0 Å². The van der Waals surface area contributed by atoms with Gasteiger partial charge in [0.15, 0.2) is 0 Å². The summed E-state index contributed by atoms with van der Waals surface area (Å²) in [5.41, 5.74) is 5.18. The molecule has 1 aromatic rings. The fourth-order valence-electron chi connectivity index (χ4n) is 2.00. The molecule has 0 aliphatic rings. The Hall–Kier alpha value is -1.66. The van der Waals surface area contributed by atoms with Gasteiger partial charge in [-0.2, -0.15) is 0 Å². The maximum atomic E-state index is 12.4. The fourth-order valence-corrected chi connectivity index (χ4v) is 2.53. The van der Waals surface area contributed by atoms with Gasteiger partial charge >= 0.3 is 6.09 Å². The zero-order valence-electron chi connectivity index (χ0n) is 15.1. The molecular weight excluding hydrogens is 365 g/mol. The van der Waals surface area contributed by atoms with Crippen molar-refractivity contribution in [3.63, 3.8) is 0 Å². The molecule has 1 atom stereocenters. The van der Waals surface area contributed by atoms with E-state index >= 15 is 0 Å². The number of hydrogen-bond donors (Lipinski definition) is 3. The van der Waals surface area contributed by atoms with E-state index in [1.807, 2.05) is 13.8 Å². The molecule has 0 radical (unpaired) electrons. The SMILES string of the molecule is CC(C)CC(NC(=O)OC(C)(C)C)C(=O)NNc1cc(Cl)cc(Cl)c1. The lowest BCUT2D eigenvalue weighted by molar-refractivity contribution is -0.123. The normalized spacial score (nSPS) is 12.5. The van der Waals surface area contributed by atoms with Gasteiger partial charge in [-0.15, -0.1) is 0 Å². The maximum absolute atomic E-state index is 12.4. The molecule has 0 heterocycles. The number of amides is 2. The molecule has 25 heavy (non-hydrogen) atoms. The Morgan fingerprint density at radius 2 is 1.68 bits per heavy atom. The van der Waals surface area contributed by atoms with Crippen LogP contribution in [0.4, 0.5) is 10.5 Å². The predicted molar refractivity (Wildman–Crippen MR) is 101 cm³/mol. The van der Waals surface area contributed by atoms with Gasteiger partial charge in [-0.25, -0.2) is 4.79 Å². The zero-order chi connectivity index (χ0) is 19.2. The number of benzene rings is 1. The van der Waals surface area contributed by atoms with Crippen LogP contribution < -0.4 is 16.2 Å². The van der Waals surface area contributed by atoms with Crippen LogP contribution in [-0.4, -0.2) is 23.6 Å². The molecule has 0 bridgehead atoms. The molecule has 1 rings (SSSR count). The van der Waals surface area contributed by atoms with E-state index in [0.29, 0.717) is 22.2 Å². The van der Waals surface area contributed by atoms with Crippen molar-refractivity contribution in [3.05, 3.63) is 28.2 Å². The number of ether oxygens (including phenoxy) is 1. The highest BCUT2D eigenvalue weighted by atomic mass is 35.5. The molecule has 0 saturated carbocycles. The molecule has 6 nitrogen and oxygen atoms in total. The number of carbonyl (C=O) groups excluding carboxylic acids is 2. The van der Waals surface area contributed by atoms with Gasteiger partial charge in [0.25, 0.3) is 5.91 Å². The second-order valence-corrected chi connectivity index (χ2v) is 7.97. The predicted octanol–water partition coefficient (Wildman–Crippen LogP) is 4.38. The van der Waals surface area contributed by atoms with Crippen molar-refractivity contribution >= 4 is 40.9 Å². The summed E-state index contributed by atoms with van der Waals surface area (Å²) in [7, 11) is 0. The molecule has 2 amide bonds. The minimum atomic E-state index is -0.739. The third-order valence-corrected chi connectivity index (χ3v) is 3.34. The van der Waals surface area contributed by atoms with E-state index in [9.17, 15) is 9.59 Å². The van der Waals surface area contributed by atoms with E-state index in [4.69, 9.17) is 27.9 Å². The summed E-state index contributed by atoms with van der Waals surface area (Å²) in [6.45, 7) is 9.19. The van der Waals surface area contributed by atoms with E-state index < -0.39 is 23.6 Å². The summed E-state index contributed by atoms with van der Waals surface area (Å²) < 4.78 is 5.21. The molecule has 140 valence electrons. The first-order valence-electron chi connectivity index (χ1n) is 7.98. The average molecular weight is 390 g/mol. The number of alkyl carbamates (subject to hydrolysis) is 1. The number of nitrogens with one attached hydrogen (secondary N) is 3. The van der Waals surface area contributed by atoms with Crippen molar-refractivity contribution in [2.75, 3.05) is 5.43 Å². The quantitative estimate of drug-likeness (QED) is 0.630. The summed E-state index contributed by atoms with van der Waals surface area (Å²) in [4.78, 5) is 24.4. The van der Waals surface area contributed by atoms with Crippen LogP contribution in [0.5, 0.6) is 0 Å². The van der Waals surface area contributed by atoms with Crippen molar-refractivity contribution < 1.29 is 14.3 Å². The molecule has 3 N–H and O–H groups in total. The average Bonchev–Trinajstić information content (AvgIpc) is 2.40. The summed E-state index contributed by atoms with van der Waals surface area (Å²) in [5.74, 6) is -0.193. The van der Waals surface area contributed by atoms with Crippen LogP contribution in [-0.2, 0) is 9.53 Å². The molecule has 1 unspecified atom stereocenters. The van der Waals surface area contributed by atoms with E-state index in [2.05, 4.69) is 16.2 Å². The molecule has 0 aromatic heterocycles. The molecular formula is C17H25Cl2N3O3. The van der Waals surface area contributed by atoms with Gasteiger partial charge in [-0.3, -0.25) is 15.6 Å². The summed E-state index contributed by atoms with van der Waals surface area (Å²) in [5, 5.41) is 3.48. The second-order valence-electron chi connectivity index (χ2n) is 7.10. The summed E-state index contributed by atoms with van der Waals surface area (Å²) in [6, 6.07) is 4.08. The number of carbonyl (C=O) groups is 2. The minimum absolute atomic E-state index is 0.200. The monoisotopic (exact) mass is 389 g/mol. The number of halogens is 2. The number of rotatable bonds is 6. The van der Waals surface area contributed by atoms with Gasteiger partial charge in [0, 0.05) is 10.0 Å². The molecule has 0 aliphatic carbocycles. The lowest BCUT2D eigenvalue weighted by Gasteiger charge is -2.24. The smallest absolute Gasteiger partial charge is 0.408 e. The second kappa shape index (κ2) is 9.15. The third kappa shape index (κ3) is 8.84. The van der Waals surface area contributed by atoms with Gasteiger partial charge in [-0.1, -0.05) is 37.0 Å². The molecule has 0 saturated heterocycles. The Kier molecular flexibility index (Phi) is 7.83. The molecule has 8 heteroatoms. The Balaban J connectivity index is 2.71. The van der Waals surface area contributed by atoms with Crippen molar-refractivity contribution in [3.8, 4) is 0 Å². The fraction of sp³-hybridized carbons (Fsp3) is 0.529. The number of anilines is 1. The number of hydrogen-bond acceptors (Lipinski definition) is 4. The standard InChI is InChI=1S/C17H25Cl2N3O3/c1-10(2)6-14(20-16(24)25-17(3,4)5)15(23)22-21-13-8-11(18)7-12(19)9-13/h7-10,14,21H,6H2,1-5H3,(H,20,24)(H,22,23). The first-order chi connectivity index (χ1) is 11.5. The zero-order valence-corrected chi connectivity index (χ0v) is 16.6. The van der Waals surface area contributed by atoms with Crippen molar-refractivity contribution in [2.45, 2.75) is 52.7 Å². The van der Waals surface area contributed by atoms with Gasteiger partial charge in [0.2, 0.25) is 0 Å². The van der Waals surface area contributed by atoms with Crippen molar-refractivity contribution in [1.82, 2.24) is 10.7 Å². The minimum Gasteiger partial charge on any atom is -0.444 e. The van der Waals surface area contributed by atoms with E-state index in [0.717, 1.165) is 0 Å². The molecule has 0 spiro atoms. The van der Waals surface area contributed by atoms with Gasteiger partial charge in [-0.05, 0) is 51.3 Å².